The Bertz CT molecular complexity index is 712. The maximum absolute atomic E-state index is 12.2. The van der Waals surface area contributed by atoms with Crippen LogP contribution in [0.4, 0.5) is 0 Å². The van der Waals surface area contributed by atoms with E-state index in [0.717, 1.165) is 0 Å². The molecule has 0 spiro atoms. The maximum atomic E-state index is 12.2. The third-order valence-electron chi connectivity index (χ3n) is 3.03. The van der Waals surface area contributed by atoms with Gasteiger partial charge in [-0.25, -0.2) is 15.0 Å². The average Bonchev–Trinajstić information content (AvgIpc) is 2.95. The fourth-order valence-electron chi connectivity index (χ4n) is 1.84. The van der Waals surface area contributed by atoms with Crippen LogP contribution in [0, 0.1) is 0 Å². The molecule has 2 rings (SSSR count). The van der Waals surface area contributed by atoms with Crippen LogP contribution >= 0.6 is 0 Å². The smallest absolute Gasteiger partial charge is 0.311 e. The van der Waals surface area contributed by atoms with Crippen molar-refractivity contribution in [3.05, 3.63) is 35.4 Å². The molecule has 0 aliphatic carbocycles. The standard InChI is InChI=1S/C14H18N6O3/c1-7(2)12-15-5-4-9(17-12)14(23)16-8(3)13-18-10(19-20-13)6-11(21)22/h4-5,7-8H,6H2,1-3H3,(H,16,23)(H,21,22)(H,18,19,20)/t8-/m1/s1. The van der Waals surface area contributed by atoms with Crippen molar-refractivity contribution >= 4 is 11.9 Å². The lowest BCUT2D eigenvalue weighted by Gasteiger charge is -2.11. The van der Waals surface area contributed by atoms with Gasteiger partial charge in [0.15, 0.2) is 5.82 Å². The molecule has 2 aromatic heterocycles. The Labute approximate surface area is 132 Å². The summed E-state index contributed by atoms with van der Waals surface area (Å²) in [6.07, 6.45) is 1.29. The van der Waals surface area contributed by atoms with Crippen LogP contribution in [0.1, 0.15) is 60.7 Å². The molecule has 0 aliphatic heterocycles. The monoisotopic (exact) mass is 318 g/mol. The van der Waals surface area contributed by atoms with Crippen molar-refractivity contribution in [1.29, 1.82) is 0 Å². The van der Waals surface area contributed by atoms with Crippen LogP contribution in [0.3, 0.4) is 0 Å². The van der Waals surface area contributed by atoms with E-state index in [1.807, 2.05) is 13.8 Å². The van der Waals surface area contributed by atoms with Crippen LogP contribution in [0.5, 0.6) is 0 Å². The number of carboxylic acid groups (broad SMARTS) is 1. The molecule has 0 aromatic carbocycles. The van der Waals surface area contributed by atoms with Crippen molar-refractivity contribution in [1.82, 2.24) is 30.5 Å². The van der Waals surface area contributed by atoms with Gasteiger partial charge in [-0.3, -0.25) is 14.7 Å². The normalized spacial score (nSPS) is 12.2. The highest BCUT2D eigenvalue weighted by molar-refractivity contribution is 5.92. The molecule has 122 valence electrons. The zero-order chi connectivity index (χ0) is 17.0. The van der Waals surface area contributed by atoms with Crippen LogP contribution in [-0.2, 0) is 11.2 Å². The predicted molar refractivity (Wildman–Crippen MR) is 79.7 cm³/mol. The first-order chi connectivity index (χ1) is 10.9. The molecular weight excluding hydrogens is 300 g/mol. The number of amides is 1. The molecule has 0 bridgehead atoms. The molecule has 1 atom stereocenters. The van der Waals surface area contributed by atoms with Crippen LogP contribution in [0.25, 0.3) is 0 Å². The van der Waals surface area contributed by atoms with E-state index in [-0.39, 0.29) is 29.8 Å². The van der Waals surface area contributed by atoms with Crippen LogP contribution in [0.2, 0.25) is 0 Å². The highest BCUT2D eigenvalue weighted by Gasteiger charge is 2.18. The Morgan fingerprint density at radius 3 is 2.65 bits per heavy atom. The zero-order valence-electron chi connectivity index (χ0n) is 13.1. The molecule has 3 N–H and O–H groups in total. The van der Waals surface area contributed by atoms with E-state index in [0.29, 0.717) is 11.6 Å². The summed E-state index contributed by atoms with van der Waals surface area (Å²) < 4.78 is 0. The number of aromatic amines is 1. The van der Waals surface area contributed by atoms with Gasteiger partial charge in [-0.1, -0.05) is 13.8 Å². The van der Waals surface area contributed by atoms with Gasteiger partial charge < -0.3 is 10.4 Å². The molecular formula is C14H18N6O3. The van der Waals surface area contributed by atoms with E-state index in [1.54, 1.807) is 13.1 Å². The van der Waals surface area contributed by atoms with E-state index < -0.39 is 12.0 Å². The lowest BCUT2D eigenvalue weighted by Crippen LogP contribution is -2.28. The van der Waals surface area contributed by atoms with Crippen LogP contribution in [0.15, 0.2) is 12.3 Å². The third kappa shape index (κ3) is 4.31. The minimum atomic E-state index is -1.01. The van der Waals surface area contributed by atoms with Gasteiger partial charge >= 0.3 is 5.97 Å². The van der Waals surface area contributed by atoms with Gasteiger partial charge in [0.05, 0.1) is 6.04 Å². The van der Waals surface area contributed by atoms with Gasteiger partial charge in [-0.15, -0.1) is 0 Å². The van der Waals surface area contributed by atoms with E-state index in [1.165, 1.54) is 6.07 Å². The number of hydrogen-bond acceptors (Lipinski definition) is 6. The molecule has 9 heteroatoms. The number of carbonyl (C=O) groups is 2. The average molecular weight is 318 g/mol. The fourth-order valence-corrected chi connectivity index (χ4v) is 1.84. The van der Waals surface area contributed by atoms with E-state index in [4.69, 9.17) is 5.11 Å². The highest BCUT2D eigenvalue weighted by Crippen LogP contribution is 2.10. The van der Waals surface area contributed by atoms with E-state index >= 15 is 0 Å². The van der Waals surface area contributed by atoms with Gasteiger partial charge in [-0.2, -0.15) is 5.10 Å². The molecule has 0 saturated heterocycles. The number of carbonyl (C=O) groups excluding carboxylic acids is 1. The minimum absolute atomic E-state index is 0.117. The Kier molecular flexibility index (Phi) is 4.99. The second-order valence-electron chi connectivity index (χ2n) is 5.36. The summed E-state index contributed by atoms with van der Waals surface area (Å²) in [6.45, 7) is 5.59. The van der Waals surface area contributed by atoms with Gasteiger partial charge in [-0.05, 0) is 13.0 Å². The first kappa shape index (κ1) is 16.5. The molecule has 0 fully saturated rings. The summed E-state index contributed by atoms with van der Waals surface area (Å²) >= 11 is 0. The lowest BCUT2D eigenvalue weighted by molar-refractivity contribution is -0.136. The second-order valence-corrected chi connectivity index (χ2v) is 5.36. The highest BCUT2D eigenvalue weighted by atomic mass is 16.4. The Balaban J connectivity index is 2.06. The topological polar surface area (TPSA) is 134 Å². The summed E-state index contributed by atoms with van der Waals surface area (Å²) in [4.78, 5) is 35.2. The van der Waals surface area contributed by atoms with Crippen molar-refractivity contribution in [3.8, 4) is 0 Å². The van der Waals surface area contributed by atoms with Crippen molar-refractivity contribution in [2.45, 2.75) is 39.2 Å². The Morgan fingerprint density at radius 1 is 1.26 bits per heavy atom. The number of carboxylic acids is 1. The van der Waals surface area contributed by atoms with Gasteiger partial charge in [0.2, 0.25) is 0 Å². The van der Waals surface area contributed by atoms with Crippen molar-refractivity contribution in [2.75, 3.05) is 0 Å². The Morgan fingerprint density at radius 2 is 2.00 bits per heavy atom. The minimum Gasteiger partial charge on any atom is -0.481 e. The van der Waals surface area contributed by atoms with Crippen LogP contribution in [-0.4, -0.2) is 42.1 Å². The molecule has 0 saturated carbocycles. The number of hydrogen-bond donors (Lipinski definition) is 3. The quantitative estimate of drug-likeness (QED) is 0.718. The SMILES string of the molecule is CC(C)c1nccc(C(=O)N[C@H](C)c2n[nH]c(CC(=O)O)n2)n1. The van der Waals surface area contributed by atoms with Crippen molar-refractivity contribution < 1.29 is 14.7 Å². The largest absolute Gasteiger partial charge is 0.481 e. The molecule has 0 unspecified atom stereocenters. The first-order valence-electron chi connectivity index (χ1n) is 7.13. The number of aliphatic carboxylic acids is 1. The summed E-state index contributed by atoms with van der Waals surface area (Å²) in [5.41, 5.74) is 0.261. The van der Waals surface area contributed by atoms with Gasteiger partial charge in [0, 0.05) is 12.1 Å². The molecule has 2 aromatic rings. The number of aromatic nitrogens is 5. The third-order valence-corrected chi connectivity index (χ3v) is 3.03. The molecule has 0 aliphatic rings. The number of nitrogens with one attached hydrogen (secondary N) is 2. The summed E-state index contributed by atoms with van der Waals surface area (Å²) in [7, 11) is 0. The second kappa shape index (κ2) is 6.95. The van der Waals surface area contributed by atoms with E-state index in [9.17, 15) is 9.59 Å². The molecule has 1 amide bonds. The Hall–Kier alpha value is -2.84. The van der Waals surface area contributed by atoms with Gasteiger partial charge in [0.1, 0.15) is 23.8 Å². The van der Waals surface area contributed by atoms with Crippen molar-refractivity contribution in [2.24, 2.45) is 0 Å². The number of nitrogens with zero attached hydrogens (tertiary/aromatic N) is 4. The molecule has 0 radical (unpaired) electrons. The van der Waals surface area contributed by atoms with Crippen LogP contribution < -0.4 is 5.32 Å². The molecule has 2 heterocycles. The van der Waals surface area contributed by atoms with Crippen molar-refractivity contribution in [3.63, 3.8) is 0 Å². The summed E-state index contributed by atoms with van der Waals surface area (Å²) in [6, 6.07) is 1.04. The molecule has 23 heavy (non-hydrogen) atoms. The predicted octanol–water partition coefficient (Wildman–Crippen LogP) is 0.836. The maximum Gasteiger partial charge on any atom is 0.311 e. The molecule has 9 nitrogen and oxygen atoms in total. The zero-order valence-corrected chi connectivity index (χ0v) is 13.1. The fraction of sp³-hybridized carbons (Fsp3) is 0.429. The number of rotatable bonds is 6. The van der Waals surface area contributed by atoms with Gasteiger partial charge in [0.25, 0.3) is 5.91 Å². The van der Waals surface area contributed by atoms with E-state index in [2.05, 4.69) is 30.5 Å². The number of H-pyrrole nitrogens is 1. The lowest BCUT2D eigenvalue weighted by atomic mass is 10.2. The summed E-state index contributed by atoms with van der Waals surface area (Å²) in [5, 5.41) is 17.9. The first-order valence-corrected chi connectivity index (χ1v) is 7.13. The summed E-state index contributed by atoms with van der Waals surface area (Å²) in [5.74, 6) is -0.123.